The van der Waals surface area contributed by atoms with Crippen LogP contribution in [0.1, 0.15) is 12.7 Å². The van der Waals surface area contributed by atoms with Gasteiger partial charge in [-0.25, -0.2) is 4.98 Å². The summed E-state index contributed by atoms with van der Waals surface area (Å²) in [4.78, 5) is 20.7. The fraction of sp³-hybridized carbons (Fsp3) is 0.0182. The molecule has 0 radical (unpaired) electrons. The quantitative estimate of drug-likeness (QED) is 0.143. The number of fused-ring (bicyclic) bond motifs is 10. The molecule has 8 heteroatoms. The Bertz CT molecular complexity index is 3810. The molecule has 0 N–H and O–H groups in total. The third-order valence-corrected chi connectivity index (χ3v) is 11.9. The Labute approximate surface area is 362 Å². The molecule has 298 valence electrons. The highest BCUT2D eigenvalue weighted by Gasteiger charge is 2.24. The summed E-state index contributed by atoms with van der Waals surface area (Å²) in [5.74, 6) is 2.57. The number of hydrogen-bond acceptors (Lipinski definition) is 4. The minimum Gasteiger partial charge on any atom is -0.292 e. The van der Waals surface area contributed by atoms with Gasteiger partial charge in [0.15, 0.2) is 17.3 Å². The van der Waals surface area contributed by atoms with Gasteiger partial charge in [0.25, 0.3) is 0 Å². The van der Waals surface area contributed by atoms with Crippen LogP contribution in [0.2, 0.25) is 0 Å². The first-order valence-corrected chi connectivity index (χ1v) is 21.1. The summed E-state index contributed by atoms with van der Waals surface area (Å²) >= 11 is 0. The molecule has 12 aromatic rings. The first-order chi connectivity index (χ1) is 31.2. The van der Waals surface area contributed by atoms with Crippen LogP contribution in [-0.2, 0) is 0 Å². The minimum atomic E-state index is 0.544. The molecule has 0 unspecified atom stereocenters. The SMILES string of the molecule is C=C/C=C(\C=C/C)c1nc(-c2ccccc2)nc(-n2c3ccccc3c3cc(-c4ccc5c(c4)n4c6c7ccccc7n(-c7ccccc7)c6nc4n5-c4ccccc4)ccc32)n1. The Balaban J connectivity index is 1.09. The van der Waals surface area contributed by atoms with E-state index in [1.807, 2.05) is 55.5 Å². The van der Waals surface area contributed by atoms with Gasteiger partial charge in [-0.1, -0.05) is 146 Å². The Hall–Kier alpha value is -8.62. The topological polar surface area (TPSA) is 70.8 Å². The summed E-state index contributed by atoms with van der Waals surface area (Å²) in [6.07, 6.45) is 7.68. The number of rotatable bonds is 8. The van der Waals surface area contributed by atoms with Crippen LogP contribution >= 0.6 is 0 Å². The van der Waals surface area contributed by atoms with Crippen LogP contribution in [0.4, 0.5) is 0 Å². The van der Waals surface area contributed by atoms with E-state index >= 15 is 0 Å². The maximum absolute atomic E-state index is 5.47. The van der Waals surface area contributed by atoms with Gasteiger partial charge in [-0.05, 0) is 78.7 Å². The average Bonchev–Trinajstić information content (AvgIpc) is 4.06. The average molecular weight is 811 g/mol. The zero-order chi connectivity index (χ0) is 42.0. The zero-order valence-corrected chi connectivity index (χ0v) is 34.3. The van der Waals surface area contributed by atoms with Crippen molar-refractivity contribution >= 4 is 66.3 Å². The van der Waals surface area contributed by atoms with Crippen molar-refractivity contribution in [3.8, 4) is 39.8 Å². The Morgan fingerprint density at radius 3 is 1.81 bits per heavy atom. The van der Waals surface area contributed by atoms with Crippen LogP contribution in [0.5, 0.6) is 0 Å². The summed E-state index contributed by atoms with van der Waals surface area (Å²) in [7, 11) is 0. The van der Waals surface area contributed by atoms with Gasteiger partial charge in [0.1, 0.15) is 5.52 Å². The van der Waals surface area contributed by atoms with E-state index < -0.39 is 0 Å². The highest BCUT2D eigenvalue weighted by molar-refractivity contribution is 6.12. The molecular weight excluding hydrogens is 773 g/mol. The predicted octanol–water partition coefficient (Wildman–Crippen LogP) is 13.1. The molecule has 0 saturated carbocycles. The van der Waals surface area contributed by atoms with Gasteiger partial charge in [0, 0.05) is 38.7 Å². The molecular formula is C55H38N8. The number of hydrogen-bond donors (Lipinski definition) is 0. The maximum atomic E-state index is 5.47. The second-order valence-corrected chi connectivity index (χ2v) is 15.6. The zero-order valence-electron chi connectivity index (χ0n) is 34.3. The van der Waals surface area contributed by atoms with Crippen LogP contribution in [-0.4, -0.2) is 38.0 Å². The Morgan fingerprint density at radius 2 is 1.10 bits per heavy atom. The molecule has 5 heterocycles. The molecule has 63 heavy (non-hydrogen) atoms. The van der Waals surface area contributed by atoms with E-state index in [1.54, 1.807) is 6.08 Å². The number of benzene rings is 7. The van der Waals surface area contributed by atoms with Crippen molar-refractivity contribution in [1.29, 1.82) is 0 Å². The highest BCUT2D eigenvalue weighted by atomic mass is 15.2. The normalized spacial score (nSPS) is 12.3. The molecule has 5 aromatic heterocycles. The van der Waals surface area contributed by atoms with Gasteiger partial charge >= 0.3 is 0 Å². The van der Waals surface area contributed by atoms with E-state index in [4.69, 9.17) is 19.9 Å². The van der Waals surface area contributed by atoms with Crippen molar-refractivity contribution in [2.24, 2.45) is 0 Å². The second-order valence-electron chi connectivity index (χ2n) is 15.6. The lowest BCUT2D eigenvalue weighted by Crippen LogP contribution is -2.07. The van der Waals surface area contributed by atoms with Gasteiger partial charge in [-0.2, -0.15) is 15.0 Å². The molecule has 0 atom stereocenters. The fourth-order valence-electron chi connectivity index (χ4n) is 9.19. The maximum Gasteiger partial charge on any atom is 0.238 e. The molecule has 0 bridgehead atoms. The van der Waals surface area contributed by atoms with E-state index in [-0.39, 0.29) is 0 Å². The van der Waals surface area contributed by atoms with Crippen LogP contribution in [0.3, 0.4) is 0 Å². The standard InChI is InChI=1S/C55H38N8/c1-3-18-36(19-4-2)51-56-52(37-20-8-5-9-21-37)58-54(57-51)62-45-28-16-14-26-42(45)44-34-38(30-32-47(44)62)39-31-33-48-49(35-39)63-50-43-27-15-17-29-46(43)60(40-22-10-6-11-23-40)53(50)59-55(63)61(48)41-24-12-7-13-25-41/h3-35H,1H2,2H3/b19-4-,36-18+. The second kappa shape index (κ2) is 14.5. The summed E-state index contributed by atoms with van der Waals surface area (Å²) in [6, 6.07) is 61.7. The monoisotopic (exact) mass is 810 g/mol. The third kappa shape index (κ3) is 5.69. The van der Waals surface area contributed by atoms with Crippen LogP contribution in [0, 0.1) is 0 Å². The smallest absolute Gasteiger partial charge is 0.238 e. The Kier molecular flexibility index (Phi) is 8.36. The first kappa shape index (κ1) is 36.2. The minimum absolute atomic E-state index is 0.544. The first-order valence-electron chi connectivity index (χ1n) is 21.1. The molecule has 0 aliphatic rings. The molecule has 0 aliphatic carbocycles. The van der Waals surface area contributed by atoms with Gasteiger partial charge in [0.2, 0.25) is 11.7 Å². The van der Waals surface area contributed by atoms with Gasteiger partial charge < -0.3 is 0 Å². The van der Waals surface area contributed by atoms with Gasteiger partial charge in [0.05, 0.1) is 27.6 Å². The molecule has 0 saturated heterocycles. The van der Waals surface area contributed by atoms with E-state index in [0.717, 1.165) is 94.3 Å². The molecule has 0 spiro atoms. The van der Waals surface area contributed by atoms with E-state index in [2.05, 4.69) is 170 Å². The lowest BCUT2D eigenvalue weighted by Gasteiger charge is -2.11. The van der Waals surface area contributed by atoms with Crippen molar-refractivity contribution in [2.45, 2.75) is 6.92 Å². The number of nitrogens with zero attached hydrogens (tertiary/aromatic N) is 8. The number of para-hydroxylation sites is 4. The number of imidazole rings is 2. The number of allylic oxidation sites excluding steroid dienone is 5. The molecule has 0 amide bonds. The Morgan fingerprint density at radius 1 is 0.492 bits per heavy atom. The van der Waals surface area contributed by atoms with Crippen molar-refractivity contribution < 1.29 is 0 Å². The van der Waals surface area contributed by atoms with E-state index in [0.29, 0.717) is 17.6 Å². The molecule has 0 fully saturated rings. The van der Waals surface area contributed by atoms with Crippen molar-refractivity contribution in [1.82, 2.24) is 38.0 Å². The van der Waals surface area contributed by atoms with E-state index in [9.17, 15) is 0 Å². The lowest BCUT2D eigenvalue weighted by atomic mass is 10.0. The van der Waals surface area contributed by atoms with Crippen molar-refractivity contribution in [2.75, 3.05) is 0 Å². The molecule has 7 aromatic carbocycles. The van der Waals surface area contributed by atoms with Crippen LogP contribution in [0.15, 0.2) is 207 Å². The predicted molar refractivity (Wildman–Crippen MR) is 258 cm³/mol. The summed E-state index contributed by atoms with van der Waals surface area (Å²) in [5, 5.41) is 3.35. The van der Waals surface area contributed by atoms with Gasteiger partial charge in [-0.3, -0.25) is 18.1 Å². The fourth-order valence-corrected chi connectivity index (χ4v) is 9.19. The molecule has 12 rings (SSSR count). The van der Waals surface area contributed by atoms with Crippen LogP contribution < -0.4 is 0 Å². The van der Waals surface area contributed by atoms with Crippen molar-refractivity contribution in [3.05, 3.63) is 213 Å². The third-order valence-electron chi connectivity index (χ3n) is 11.9. The summed E-state index contributed by atoms with van der Waals surface area (Å²) in [6.45, 7) is 5.95. The highest BCUT2D eigenvalue weighted by Crippen LogP contribution is 2.39. The summed E-state index contributed by atoms with van der Waals surface area (Å²) < 4.78 is 9.06. The largest absolute Gasteiger partial charge is 0.292 e. The van der Waals surface area contributed by atoms with E-state index in [1.165, 1.54) is 0 Å². The number of aromatic nitrogens is 8. The summed E-state index contributed by atoms with van der Waals surface area (Å²) in [5.41, 5.74) is 13.3. The lowest BCUT2D eigenvalue weighted by molar-refractivity contribution is 0.932. The van der Waals surface area contributed by atoms with Crippen LogP contribution in [0.25, 0.3) is 106 Å². The molecule has 8 nitrogen and oxygen atoms in total. The molecule has 0 aliphatic heterocycles. The van der Waals surface area contributed by atoms with Gasteiger partial charge in [-0.15, -0.1) is 0 Å². The van der Waals surface area contributed by atoms with Crippen molar-refractivity contribution in [3.63, 3.8) is 0 Å².